The highest BCUT2D eigenvalue weighted by molar-refractivity contribution is 7.80. The third kappa shape index (κ3) is 4.27. The van der Waals surface area contributed by atoms with Crippen LogP contribution in [0.15, 0.2) is 30.3 Å². The van der Waals surface area contributed by atoms with E-state index >= 15 is 0 Å². The maximum atomic E-state index is 11.7. The molecule has 2 rings (SSSR count). The zero-order valence-electron chi connectivity index (χ0n) is 12.4. The first-order chi connectivity index (χ1) is 10.9. The van der Waals surface area contributed by atoms with Gasteiger partial charge < -0.3 is 20.5 Å². The highest BCUT2D eigenvalue weighted by Crippen LogP contribution is 2.28. The van der Waals surface area contributed by atoms with Crippen LogP contribution in [0.1, 0.15) is 25.6 Å². The predicted octanol–water partition coefficient (Wildman–Crippen LogP) is 3.35. The molecule has 0 unspecified atom stereocenters. The van der Waals surface area contributed by atoms with Crippen molar-refractivity contribution < 1.29 is 19.4 Å². The number of rotatable bonds is 4. The second-order valence-electron chi connectivity index (χ2n) is 4.55. The Morgan fingerprint density at radius 3 is 2.43 bits per heavy atom. The van der Waals surface area contributed by atoms with Gasteiger partial charge in [0.05, 0.1) is 18.2 Å². The fourth-order valence-electron chi connectivity index (χ4n) is 1.83. The number of carbonyl (C=O) groups is 2. The molecule has 1 aromatic heterocycles. The number of carbonyl (C=O) groups excluding carboxylic acids is 1. The van der Waals surface area contributed by atoms with Gasteiger partial charge in [-0.05, 0) is 49.5 Å². The standard InChI is InChI=1S/C15H14N2O4S2/c1-8-7-11(14(20)21-2)12(23-8)17-15(22)16-10-5-3-9(4-6-10)13(18)19/h3-7H,1-2H3,(H,18,19)(H2,16,17,22). The first-order valence-corrected chi connectivity index (χ1v) is 7.73. The largest absolute Gasteiger partial charge is 0.478 e. The summed E-state index contributed by atoms with van der Waals surface area (Å²) in [5.41, 5.74) is 1.25. The number of hydrogen-bond donors (Lipinski definition) is 3. The average molecular weight is 350 g/mol. The summed E-state index contributed by atoms with van der Waals surface area (Å²) < 4.78 is 4.73. The van der Waals surface area contributed by atoms with Crippen LogP contribution in [0, 0.1) is 6.92 Å². The first-order valence-electron chi connectivity index (χ1n) is 6.51. The first kappa shape index (κ1) is 16.9. The van der Waals surface area contributed by atoms with Gasteiger partial charge in [-0.25, -0.2) is 9.59 Å². The molecule has 120 valence electrons. The summed E-state index contributed by atoms with van der Waals surface area (Å²) in [6, 6.07) is 7.89. The van der Waals surface area contributed by atoms with Crippen molar-refractivity contribution in [2.24, 2.45) is 0 Å². The van der Waals surface area contributed by atoms with Crippen molar-refractivity contribution in [3.8, 4) is 0 Å². The minimum Gasteiger partial charge on any atom is -0.478 e. The number of thiocarbonyl (C=S) groups is 1. The number of nitrogens with one attached hydrogen (secondary N) is 2. The van der Waals surface area contributed by atoms with E-state index in [0.717, 1.165) is 4.88 Å². The smallest absolute Gasteiger partial charge is 0.340 e. The van der Waals surface area contributed by atoms with E-state index in [9.17, 15) is 9.59 Å². The van der Waals surface area contributed by atoms with Crippen molar-refractivity contribution >= 4 is 51.3 Å². The van der Waals surface area contributed by atoms with Crippen LogP contribution in [0.25, 0.3) is 0 Å². The number of carboxylic acids is 1. The summed E-state index contributed by atoms with van der Waals surface area (Å²) in [7, 11) is 1.32. The van der Waals surface area contributed by atoms with Gasteiger partial charge in [0, 0.05) is 10.6 Å². The van der Waals surface area contributed by atoms with Crippen molar-refractivity contribution in [3.05, 3.63) is 46.3 Å². The average Bonchev–Trinajstić information content (AvgIpc) is 2.87. The molecule has 0 amide bonds. The molecule has 0 aliphatic rings. The van der Waals surface area contributed by atoms with Crippen LogP contribution < -0.4 is 10.6 Å². The lowest BCUT2D eigenvalue weighted by Gasteiger charge is -2.10. The Labute approximate surface area is 142 Å². The van der Waals surface area contributed by atoms with Crippen LogP contribution in [0.2, 0.25) is 0 Å². The van der Waals surface area contributed by atoms with Gasteiger partial charge in [-0.2, -0.15) is 0 Å². The Morgan fingerprint density at radius 1 is 1.22 bits per heavy atom. The fraction of sp³-hybridized carbons (Fsp3) is 0.133. The number of aryl methyl sites for hydroxylation is 1. The molecule has 1 heterocycles. The van der Waals surface area contributed by atoms with Crippen LogP contribution in [-0.2, 0) is 4.74 Å². The van der Waals surface area contributed by atoms with E-state index < -0.39 is 11.9 Å². The van der Waals surface area contributed by atoms with Gasteiger partial charge in [0.15, 0.2) is 5.11 Å². The van der Waals surface area contributed by atoms with E-state index in [1.54, 1.807) is 18.2 Å². The maximum absolute atomic E-state index is 11.7. The van der Waals surface area contributed by atoms with Gasteiger partial charge in [0.25, 0.3) is 0 Å². The Bertz CT molecular complexity index is 753. The van der Waals surface area contributed by atoms with E-state index in [-0.39, 0.29) is 5.56 Å². The number of carboxylic acid groups (broad SMARTS) is 1. The van der Waals surface area contributed by atoms with E-state index in [4.69, 9.17) is 22.1 Å². The van der Waals surface area contributed by atoms with Gasteiger partial charge in [0.1, 0.15) is 5.00 Å². The zero-order valence-corrected chi connectivity index (χ0v) is 14.0. The van der Waals surface area contributed by atoms with E-state index in [1.807, 2.05) is 6.92 Å². The molecule has 0 aliphatic heterocycles. The summed E-state index contributed by atoms with van der Waals surface area (Å²) in [4.78, 5) is 23.5. The molecule has 23 heavy (non-hydrogen) atoms. The van der Waals surface area contributed by atoms with Crippen LogP contribution in [0.3, 0.4) is 0 Å². The molecule has 0 fully saturated rings. The highest BCUT2D eigenvalue weighted by Gasteiger charge is 2.16. The van der Waals surface area contributed by atoms with Crippen molar-refractivity contribution in [1.29, 1.82) is 0 Å². The summed E-state index contributed by atoms with van der Waals surface area (Å²) in [6.45, 7) is 1.88. The number of aromatic carboxylic acids is 1. The molecule has 0 radical (unpaired) electrons. The number of benzene rings is 1. The van der Waals surface area contributed by atoms with E-state index in [2.05, 4.69) is 10.6 Å². The molecular weight excluding hydrogens is 336 g/mol. The Balaban J connectivity index is 2.08. The summed E-state index contributed by atoms with van der Waals surface area (Å²) >= 11 is 6.60. The van der Waals surface area contributed by atoms with Gasteiger partial charge >= 0.3 is 11.9 Å². The highest BCUT2D eigenvalue weighted by atomic mass is 32.1. The third-order valence-corrected chi connectivity index (χ3v) is 4.05. The number of hydrogen-bond acceptors (Lipinski definition) is 5. The third-order valence-electron chi connectivity index (χ3n) is 2.88. The monoisotopic (exact) mass is 350 g/mol. The molecule has 0 saturated heterocycles. The lowest BCUT2D eigenvalue weighted by Crippen LogP contribution is -2.19. The number of thiophene rings is 1. The van der Waals surface area contributed by atoms with E-state index in [1.165, 1.54) is 30.6 Å². The molecular formula is C15H14N2O4S2. The van der Waals surface area contributed by atoms with E-state index in [0.29, 0.717) is 21.4 Å². The van der Waals surface area contributed by atoms with Crippen molar-refractivity contribution in [2.45, 2.75) is 6.92 Å². The number of ether oxygens (including phenoxy) is 1. The molecule has 2 aromatic rings. The minimum atomic E-state index is -0.992. The molecule has 6 nitrogen and oxygen atoms in total. The van der Waals surface area contributed by atoms with Crippen LogP contribution in [0.4, 0.5) is 10.7 Å². The predicted molar refractivity (Wildman–Crippen MR) is 93.6 cm³/mol. The van der Waals surface area contributed by atoms with Crippen molar-refractivity contribution in [1.82, 2.24) is 0 Å². The number of anilines is 2. The van der Waals surface area contributed by atoms with Gasteiger partial charge in [-0.15, -0.1) is 11.3 Å². The second kappa shape index (κ2) is 7.21. The molecule has 0 bridgehead atoms. The van der Waals surface area contributed by atoms with Gasteiger partial charge in [-0.3, -0.25) is 0 Å². The summed E-state index contributed by atoms with van der Waals surface area (Å²) in [5, 5.41) is 15.6. The summed E-state index contributed by atoms with van der Waals surface area (Å²) in [6.07, 6.45) is 0. The number of esters is 1. The van der Waals surface area contributed by atoms with Gasteiger partial charge in [-0.1, -0.05) is 0 Å². The van der Waals surface area contributed by atoms with Crippen LogP contribution >= 0.6 is 23.6 Å². The zero-order chi connectivity index (χ0) is 17.0. The van der Waals surface area contributed by atoms with Crippen molar-refractivity contribution in [3.63, 3.8) is 0 Å². The topological polar surface area (TPSA) is 87.7 Å². The Hall–Kier alpha value is -2.45. The SMILES string of the molecule is COC(=O)c1cc(C)sc1NC(=S)Nc1ccc(C(=O)O)cc1. The lowest BCUT2D eigenvalue weighted by atomic mass is 10.2. The lowest BCUT2D eigenvalue weighted by molar-refractivity contribution is 0.0601. The Morgan fingerprint density at radius 2 is 1.87 bits per heavy atom. The quantitative estimate of drug-likeness (QED) is 0.576. The molecule has 0 aliphatic carbocycles. The second-order valence-corrected chi connectivity index (χ2v) is 6.22. The Kier molecular flexibility index (Phi) is 5.30. The maximum Gasteiger partial charge on any atom is 0.340 e. The summed E-state index contributed by atoms with van der Waals surface area (Å²) in [5.74, 6) is -1.43. The molecule has 3 N–H and O–H groups in total. The molecule has 0 atom stereocenters. The normalized spacial score (nSPS) is 10.0. The fourth-order valence-corrected chi connectivity index (χ4v) is 3.02. The van der Waals surface area contributed by atoms with Gasteiger partial charge in [0.2, 0.25) is 0 Å². The molecule has 8 heteroatoms. The molecule has 0 saturated carbocycles. The molecule has 0 spiro atoms. The van der Waals surface area contributed by atoms with Crippen molar-refractivity contribution in [2.75, 3.05) is 17.7 Å². The molecule has 1 aromatic carbocycles. The van der Waals surface area contributed by atoms with Crippen LogP contribution in [0.5, 0.6) is 0 Å². The number of methoxy groups -OCH3 is 1. The minimum absolute atomic E-state index is 0.191. The van der Waals surface area contributed by atoms with Crippen LogP contribution in [-0.4, -0.2) is 29.3 Å².